The standard InChI is InChI=1S/C22H16ClN5O3/c23-20-11-10-19(28(30)31)12-21(20)26-22(29)15(13-24)14-27(17-4-2-1-3-5-17)18-8-6-16(25)7-9-18/h1-12,14H,25H2,(H,26,29)/b15-14-. The van der Waals surface area contributed by atoms with Crippen molar-refractivity contribution in [2.24, 2.45) is 0 Å². The van der Waals surface area contributed by atoms with Gasteiger partial charge in [0.2, 0.25) is 0 Å². The third-order valence-electron chi connectivity index (χ3n) is 4.24. The van der Waals surface area contributed by atoms with Gasteiger partial charge in [-0.25, -0.2) is 0 Å². The molecule has 0 radical (unpaired) electrons. The summed E-state index contributed by atoms with van der Waals surface area (Å²) < 4.78 is 0. The summed E-state index contributed by atoms with van der Waals surface area (Å²) in [5, 5.41) is 23.2. The van der Waals surface area contributed by atoms with Crippen LogP contribution in [0.2, 0.25) is 5.02 Å². The third kappa shape index (κ3) is 5.18. The number of nitro groups is 1. The molecule has 3 aromatic rings. The Labute approximate surface area is 182 Å². The number of anilines is 4. The fourth-order valence-corrected chi connectivity index (χ4v) is 2.87. The highest BCUT2D eigenvalue weighted by Gasteiger charge is 2.17. The Kier molecular flexibility index (Phi) is 6.50. The molecule has 3 N–H and O–H groups in total. The number of hydrogen-bond acceptors (Lipinski definition) is 6. The predicted octanol–water partition coefficient (Wildman–Crippen LogP) is 5.01. The number of nitrogens with one attached hydrogen (secondary N) is 1. The molecule has 1 amide bonds. The molecule has 0 heterocycles. The Morgan fingerprint density at radius 1 is 1.10 bits per heavy atom. The van der Waals surface area contributed by atoms with E-state index in [-0.39, 0.29) is 22.0 Å². The number of nitrogens with zero attached hydrogens (tertiary/aromatic N) is 3. The number of halogens is 1. The topological polar surface area (TPSA) is 125 Å². The van der Waals surface area contributed by atoms with E-state index in [0.717, 1.165) is 6.07 Å². The summed E-state index contributed by atoms with van der Waals surface area (Å²) >= 11 is 6.04. The van der Waals surface area contributed by atoms with Gasteiger partial charge in [0.25, 0.3) is 11.6 Å². The van der Waals surface area contributed by atoms with Crippen LogP contribution in [-0.4, -0.2) is 10.8 Å². The number of amides is 1. The number of nitrogen functional groups attached to an aromatic ring is 1. The molecule has 0 bridgehead atoms. The third-order valence-corrected chi connectivity index (χ3v) is 4.57. The van der Waals surface area contributed by atoms with Crippen LogP contribution in [0.3, 0.4) is 0 Å². The van der Waals surface area contributed by atoms with Crippen molar-refractivity contribution in [1.29, 1.82) is 5.26 Å². The molecular formula is C22H16ClN5O3. The normalized spacial score (nSPS) is 10.8. The SMILES string of the molecule is N#C/C(=C/N(c1ccccc1)c1ccc(N)cc1)C(=O)Nc1cc([N+](=O)[O-])ccc1Cl. The largest absolute Gasteiger partial charge is 0.399 e. The zero-order valence-electron chi connectivity index (χ0n) is 16.0. The first-order valence-corrected chi connectivity index (χ1v) is 9.34. The van der Waals surface area contributed by atoms with Crippen LogP contribution in [0.1, 0.15) is 0 Å². The summed E-state index contributed by atoms with van der Waals surface area (Å²) in [6.45, 7) is 0. The summed E-state index contributed by atoms with van der Waals surface area (Å²) in [5.41, 5.74) is 7.27. The average Bonchev–Trinajstić information content (AvgIpc) is 2.77. The van der Waals surface area contributed by atoms with Crippen LogP contribution in [0.15, 0.2) is 84.6 Å². The maximum Gasteiger partial charge on any atom is 0.271 e. The Morgan fingerprint density at radius 2 is 1.74 bits per heavy atom. The summed E-state index contributed by atoms with van der Waals surface area (Å²) in [7, 11) is 0. The fourth-order valence-electron chi connectivity index (χ4n) is 2.70. The van der Waals surface area contributed by atoms with E-state index >= 15 is 0 Å². The second-order valence-corrected chi connectivity index (χ2v) is 6.73. The Hall–Kier alpha value is -4.35. The van der Waals surface area contributed by atoms with E-state index in [1.54, 1.807) is 29.2 Å². The van der Waals surface area contributed by atoms with Gasteiger partial charge in [0.15, 0.2) is 0 Å². The Bertz CT molecular complexity index is 1190. The molecule has 8 nitrogen and oxygen atoms in total. The molecule has 154 valence electrons. The molecule has 3 rings (SSSR count). The molecule has 31 heavy (non-hydrogen) atoms. The second kappa shape index (κ2) is 9.43. The highest BCUT2D eigenvalue weighted by molar-refractivity contribution is 6.34. The van der Waals surface area contributed by atoms with E-state index < -0.39 is 10.8 Å². The zero-order chi connectivity index (χ0) is 22.4. The lowest BCUT2D eigenvalue weighted by Crippen LogP contribution is -2.18. The Balaban J connectivity index is 1.98. The van der Waals surface area contributed by atoms with Crippen molar-refractivity contribution < 1.29 is 9.72 Å². The van der Waals surface area contributed by atoms with E-state index in [0.29, 0.717) is 17.1 Å². The van der Waals surface area contributed by atoms with Crippen molar-refractivity contribution >= 4 is 45.9 Å². The lowest BCUT2D eigenvalue weighted by Gasteiger charge is -2.21. The monoisotopic (exact) mass is 433 g/mol. The van der Waals surface area contributed by atoms with Crippen LogP contribution in [0.5, 0.6) is 0 Å². The lowest BCUT2D eigenvalue weighted by atomic mass is 10.2. The van der Waals surface area contributed by atoms with Crippen molar-refractivity contribution in [1.82, 2.24) is 0 Å². The number of nitro benzene ring substituents is 1. The smallest absolute Gasteiger partial charge is 0.271 e. The zero-order valence-corrected chi connectivity index (χ0v) is 16.8. The number of para-hydroxylation sites is 1. The summed E-state index contributed by atoms with van der Waals surface area (Å²) in [6, 6.07) is 21.5. The van der Waals surface area contributed by atoms with Crippen LogP contribution in [0.25, 0.3) is 0 Å². The van der Waals surface area contributed by atoms with Crippen molar-refractivity contribution in [3.8, 4) is 6.07 Å². The van der Waals surface area contributed by atoms with Gasteiger partial charge >= 0.3 is 0 Å². The number of benzene rings is 3. The van der Waals surface area contributed by atoms with Gasteiger partial charge in [-0.15, -0.1) is 0 Å². The molecule has 0 aliphatic carbocycles. The molecule has 0 saturated carbocycles. The number of carbonyl (C=O) groups excluding carboxylic acids is 1. The molecule has 0 spiro atoms. The molecule has 0 aliphatic rings. The summed E-state index contributed by atoms with van der Waals surface area (Å²) in [4.78, 5) is 24.8. The summed E-state index contributed by atoms with van der Waals surface area (Å²) in [6.07, 6.45) is 1.38. The molecule has 0 unspecified atom stereocenters. The maximum atomic E-state index is 12.8. The molecule has 0 aromatic heterocycles. The summed E-state index contributed by atoms with van der Waals surface area (Å²) in [5.74, 6) is -0.763. The predicted molar refractivity (Wildman–Crippen MR) is 120 cm³/mol. The van der Waals surface area contributed by atoms with Gasteiger partial charge < -0.3 is 16.0 Å². The van der Waals surface area contributed by atoms with E-state index in [1.165, 1.54) is 18.3 Å². The van der Waals surface area contributed by atoms with Gasteiger partial charge in [0.1, 0.15) is 11.6 Å². The van der Waals surface area contributed by atoms with Crippen molar-refractivity contribution in [2.75, 3.05) is 16.0 Å². The first-order valence-electron chi connectivity index (χ1n) is 8.96. The molecule has 9 heteroatoms. The van der Waals surface area contributed by atoms with Crippen LogP contribution in [0.4, 0.5) is 28.4 Å². The van der Waals surface area contributed by atoms with Gasteiger partial charge in [0.05, 0.1) is 15.6 Å². The average molecular weight is 434 g/mol. The minimum atomic E-state index is -0.763. The molecular weight excluding hydrogens is 418 g/mol. The van der Waals surface area contributed by atoms with E-state index in [4.69, 9.17) is 17.3 Å². The van der Waals surface area contributed by atoms with Crippen molar-refractivity contribution in [2.45, 2.75) is 0 Å². The van der Waals surface area contributed by atoms with E-state index in [1.807, 2.05) is 36.4 Å². The van der Waals surface area contributed by atoms with Gasteiger partial charge in [-0.05, 0) is 42.5 Å². The van der Waals surface area contributed by atoms with Gasteiger partial charge in [-0.3, -0.25) is 14.9 Å². The molecule has 0 saturated heterocycles. The van der Waals surface area contributed by atoms with Crippen LogP contribution >= 0.6 is 11.6 Å². The Morgan fingerprint density at radius 3 is 2.35 bits per heavy atom. The number of nitrogens with two attached hydrogens (primary N) is 1. The van der Waals surface area contributed by atoms with Crippen LogP contribution in [-0.2, 0) is 4.79 Å². The van der Waals surface area contributed by atoms with E-state index in [9.17, 15) is 20.2 Å². The number of hydrogen-bond donors (Lipinski definition) is 2. The van der Waals surface area contributed by atoms with E-state index in [2.05, 4.69) is 5.32 Å². The van der Waals surface area contributed by atoms with Gasteiger partial charge in [0, 0.05) is 35.4 Å². The van der Waals surface area contributed by atoms with Gasteiger partial charge in [-0.1, -0.05) is 29.8 Å². The van der Waals surface area contributed by atoms with Crippen LogP contribution < -0.4 is 16.0 Å². The lowest BCUT2D eigenvalue weighted by molar-refractivity contribution is -0.384. The molecule has 0 fully saturated rings. The molecule has 0 aliphatic heterocycles. The van der Waals surface area contributed by atoms with Crippen LogP contribution in [0, 0.1) is 21.4 Å². The number of carbonyl (C=O) groups is 1. The van der Waals surface area contributed by atoms with Crippen molar-refractivity contribution in [3.63, 3.8) is 0 Å². The maximum absolute atomic E-state index is 12.8. The number of non-ortho nitro benzene ring substituents is 1. The number of nitriles is 1. The molecule has 0 atom stereocenters. The minimum Gasteiger partial charge on any atom is -0.399 e. The second-order valence-electron chi connectivity index (χ2n) is 6.33. The first kappa shape index (κ1) is 21.4. The minimum absolute atomic E-state index is 0.0285. The van der Waals surface area contributed by atoms with Crippen molar-refractivity contribution in [3.05, 3.63) is 99.7 Å². The number of rotatable bonds is 6. The first-order chi connectivity index (χ1) is 14.9. The highest BCUT2D eigenvalue weighted by Crippen LogP contribution is 2.29. The quantitative estimate of drug-likeness (QED) is 0.185. The highest BCUT2D eigenvalue weighted by atomic mass is 35.5. The molecule has 3 aromatic carbocycles. The van der Waals surface area contributed by atoms with Gasteiger partial charge in [-0.2, -0.15) is 5.26 Å². The fraction of sp³-hybridized carbons (Fsp3) is 0.